The van der Waals surface area contributed by atoms with Crippen LogP contribution in [-0.2, 0) is 10.0 Å². The van der Waals surface area contributed by atoms with Crippen molar-refractivity contribution >= 4 is 15.7 Å². The summed E-state index contributed by atoms with van der Waals surface area (Å²) in [5, 5.41) is 0. The predicted octanol–water partition coefficient (Wildman–Crippen LogP) is 2.44. The average Bonchev–Trinajstić information content (AvgIpc) is 2.85. The second-order valence-electron chi connectivity index (χ2n) is 5.36. The molecule has 2 rings (SSSR count). The van der Waals surface area contributed by atoms with Crippen molar-refractivity contribution in [2.24, 2.45) is 5.92 Å². The van der Waals surface area contributed by atoms with Crippen LogP contribution in [0.25, 0.3) is 0 Å². The molecule has 5 heteroatoms. The van der Waals surface area contributed by atoms with E-state index in [1.165, 1.54) is 31.7 Å². The second-order valence-corrected chi connectivity index (χ2v) is 7.10. The van der Waals surface area contributed by atoms with Gasteiger partial charge in [0.25, 0.3) is 0 Å². The van der Waals surface area contributed by atoms with Crippen LogP contribution in [0.4, 0.5) is 5.69 Å². The van der Waals surface area contributed by atoms with E-state index in [1.807, 2.05) is 0 Å². The molecule has 0 saturated heterocycles. The van der Waals surface area contributed by atoms with Crippen molar-refractivity contribution in [3.8, 4) is 0 Å². The van der Waals surface area contributed by atoms with Crippen molar-refractivity contribution in [2.45, 2.75) is 43.9 Å². The molecule has 0 amide bonds. The minimum atomic E-state index is -3.44. The fraction of sp³-hybridized carbons (Fsp3) is 0.571. The number of hydrogen-bond donors (Lipinski definition) is 2. The van der Waals surface area contributed by atoms with Crippen molar-refractivity contribution in [3.63, 3.8) is 0 Å². The molecule has 1 saturated carbocycles. The number of nitrogens with one attached hydrogen (secondary N) is 1. The zero-order chi connectivity index (χ0) is 13.9. The van der Waals surface area contributed by atoms with Gasteiger partial charge in [-0.05, 0) is 37.0 Å². The third-order valence-corrected chi connectivity index (χ3v) is 5.42. The number of aryl methyl sites for hydroxylation is 1. The van der Waals surface area contributed by atoms with E-state index in [0.717, 1.165) is 12.0 Å². The Kier molecular flexibility index (Phi) is 4.47. The largest absolute Gasteiger partial charge is 0.399 e. The normalized spacial score (nSPS) is 16.9. The summed E-state index contributed by atoms with van der Waals surface area (Å²) in [6, 6.07) is 4.97. The summed E-state index contributed by atoms with van der Waals surface area (Å²) >= 11 is 0. The molecule has 1 aliphatic rings. The first kappa shape index (κ1) is 14.3. The van der Waals surface area contributed by atoms with Crippen LogP contribution in [0.15, 0.2) is 23.1 Å². The first-order chi connectivity index (χ1) is 8.99. The molecule has 106 valence electrons. The molecule has 0 bridgehead atoms. The van der Waals surface area contributed by atoms with Gasteiger partial charge in [0.1, 0.15) is 0 Å². The topological polar surface area (TPSA) is 72.2 Å². The highest BCUT2D eigenvalue weighted by Gasteiger charge is 2.19. The number of nitrogens with two attached hydrogens (primary N) is 1. The van der Waals surface area contributed by atoms with Gasteiger partial charge in [-0.2, -0.15) is 0 Å². The molecule has 1 fully saturated rings. The zero-order valence-electron chi connectivity index (χ0n) is 11.4. The van der Waals surface area contributed by atoms with Crippen LogP contribution < -0.4 is 10.5 Å². The highest BCUT2D eigenvalue weighted by molar-refractivity contribution is 7.89. The second kappa shape index (κ2) is 5.92. The molecule has 0 unspecified atom stereocenters. The fourth-order valence-electron chi connectivity index (χ4n) is 2.68. The molecule has 19 heavy (non-hydrogen) atoms. The Labute approximate surface area is 115 Å². The van der Waals surface area contributed by atoms with Gasteiger partial charge < -0.3 is 5.73 Å². The van der Waals surface area contributed by atoms with Gasteiger partial charge in [0.15, 0.2) is 0 Å². The molecule has 4 nitrogen and oxygen atoms in total. The number of anilines is 1. The van der Waals surface area contributed by atoms with E-state index in [4.69, 9.17) is 5.73 Å². The quantitative estimate of drug-likeness (QED) is 0.815. The zero-order valence-corrected chi connectivity index (χ0v) is 12.2. The summed E-state index contributed by atoms with van der Waals surface area (Å²) in [5.74, 6) is 0.685. The standard InChI is InChI=1S/C14H22N2O2S/c1-11-6-7-13(15)10-14(11)19(17,18)16-9-8-12-4-2-3-5-12/h6-7,10,12,16H,2-5,8-9,15H2,1H3. The Morgan fingerprint density at radius 1 is 1.32 bits per heavy atom. The molecule has 3 N–H and O–H groups in total. The third kappa shape index (κ3) is 3.70. The lowest BCUT2D eigenvalue weighted by Gasteiger charge is -2.12. The van der Waals surface area contributed by atoms with Crippen LogP contribution in [-0.4, -0.2) is 15.0 Å². The van der Waals surface area contributed by atoms with Gasteiger partial charge in [-0.15, -0.1) is 0 Å². The minimum Gasteiger partial charge on any atom is -0.399 e. The number of sulfonamides is 1. The smallest absolute Gasteiger partial charge is 0.240 e. The molecule has 0 heterocycles. The van der Waals surface area contributed by atoms with E-state index in [9.17, 15) is 8.42 Å². The monoisotopic (exact) mass is 282 g/mol. The lowest BCUT2D eigenvalue weighted by atomic mass is 10.1. The van der Waals surface area contributed by atoms with Gasteiger partial charge >= 0.3 is 0 Å². The maximum atomic E-state index is 12.2. The summed E-state index contributed by atoms with van der Waals surface area (Å²) in [4.78, 5) is 0.291. The average molecular weight is 282 g/mol. The molecule has 0 radical (unpaired) electrons. The van der Waals surface area contributed by atoms with E-state index < -0.39 is 10.0 Å². The van der Waals surface area contributed by atoms with Crippen molar-refractivity contribution in [1.82, 2.24) is 4.72 Å². The molecule has 1 aromatic carbocycles. The Bertz CT molecular complexity index is 534. The Morgan fingerprint density at radius 2 is 2.00 bits per heavy atom. The SMILES string of the molecule is Cc1ccc(N)cc1S(=O)(=O)NCCC1CCCC1. The molecular formula is C14H22N2O2S. The number of hydrogen-bond acceptors (Lipinski definition) is 3. The summed E-state index contributed by atoms with van der Waals surface area (Å²) in [5.41, 5.74) is 6.86. The van der Waals surface area contributed by atoms with E-state index in [1.54, 1.807) is 19.1 Å². The maximum Gasteiger partial charge on any atom is 0.240 e. The van der Waals surface area contributed by atoms with Crippen molar-refractivity contribution in [2.75, 3.05) is 12.3 Å². The lowest BCUT2D eigenvalue weighted by Crippen LogP contribution is -2.26. The molecule has 0 atom stereocenters. The number of nitrogen functional groups attached to an aromatic ring is 1. The van der Waals surface area contributed by atoms with Gasteiger partial charge in [0.05, 0.1) is 4.90 Å². The van der Waals surface area contributed by atoms with Crippen LogP contribution in [0.5, 0.6) is 0 Å². The van der Waals surface area contributed by atoms with Gasteiger partial charge in [-0.3, -0.25) is 0 Å². The van der Waals surface area contributed by atoms with Gasteiger partial charge in [-0.25, -0.2) is 13.1 Å². The van der Waals surface area contributed by atoms with E-state index in [-0.39, 0.29) is 0 Å². The Balaban J connectivity index is 1.99. The molecule has 1 aromatic rings. The molecule has 0 spiro atoms. The predicted molar refractivity (Wildman–Crippen MR) is 77.4 cm³/mol. The minimum absolute atomic E-state index is 0.291. The first-order valence-electron chi connectivity index (χ1n) is 6.85. The summed E-state index contributed by atoms with van der Waals surface area (Å²) in [7, 11) is -3.44. The number of benzene rings is 1. The number of rotatable bonds is 5. The summed E-state index contributed by atoms with van der Waals surface area (Å²) < 4.78 is 27.1. The third-order valence-electron chi connectivity index (χ3n) is 3.82. The molecule has 0 aromatic heterocycles. The van der Waals surface area contributed by atoms with Gasteiger partial charge in [0.2, 0.25) is 10.0 Å². The van der Waals surface area contributed by atoms with E-state index >= 15 is 0 Å². The van der Waals surface area contributed by atoms with Crippen molar-refractivity contribution in [3.05, 3.63) is 23.8 Å². The van der Waals surface area contributed by atoms with Crippen LogP contribution in [0, 0.1) is 12.8 Å². The van der Waals surface area contributed by atoms with E-state index in [0.29, 0.717) is 23.0 Å². The Hall–Kier alpha value is -1.07. The van der Waals surface area contributed by atoms with Crippen LogP contribution >= 0.6 is 0 Å². The van der Waals surface area contributed by atoms with Crippen molar-refractivity contribution < 1.29 is 8.42 Å². The van der Waals surface area contributed by atoms with Crippen LogP contribution in [0.2, 0.25) is 0 Å². The van der Waals surface area contributed by atoms with E-state index in [2.05, 4.69) is 4.72 Å². The Morgan fingerprint density at radius 3 is 2.68 bits per heavy atom. The van der Waals surface area contributed by atoms with Gasteiger partial charge in [0, 0.05) is 12.2 Å². The first-order valence-corrected chi connectivity index (χ1v) is 8.33. The van der Waals surface area contributed by atoms with Crippen LogP contribution in [0.3, 0.4) is 0 Å². The van der Waals surface area contributed by atoms with Crippen LogP contribution in [0.1, 0.15) is 37.7 Å². The molecule has 1 aliphatic carbocycles. The summed E-state index contributed by atoms with van der Waals surface area (Å²) in [6.45, 7) is 2.30. The fourth-order valence-corrected chi connectivity index (χ4v) is 4.01. The highest BCUT2D eigenvalue weighted by atomic mass is 32.2. The lowest BCUT2D eigenvalue weighted by molar-refractivity contribution is 0.495. The highest BCUT2D eigenvalue weighted by Crippen LogP contribution is 2.27. The summed E-state index contributed by atoms with van der Waals surface area (Å²) in [6.07, 6.45) is 5.97. The molecular weight excluding hydrogens is 260 g/mol. The molecule has 0 aliphatic heterocycles. The van der Waals surface area contributed by atoms with Gasteiger partial charge in [-0.1, -0.05) is 31.7 Å². The van der Waals surface area contributed by atoms with Crippen molar-refractivity contribution in [1.29, 1.82) is 0 Å². The maximum absolute atomic E-state index is 12.2.